The fraction of sp³-hybridized carbons (Fsp3) is 0.938. The summed E-state index contributed by atoms with van der Waals surface area (Å²) < 4.78 is 0. The van der Waals surface area contributed by atoms with Gasteiger partial charge in [0, 0.05) is 25.0 Å². The summed E-state index contributed by atoms with van der Waals surface area (Å²) >= 11 is 0. The van der Waals surface area contributed by atoms with E-state index in [0.717, 1.165) is 32.1 Å². The van der Waals surface area contributed by atoms with Gasteiger partial charge in [-0.15, -0.1) is 0 Å². The van der Waals surface area contributed by atoms with E-state index in [4.69, 9.17) is 5.73 Å². The Kier molecular flexibility index (Phi) is 8.15. The summed E-state index contributed by atoms with van der Waals surface area (Å²) in [6.45, 7) is 5.27. The van der Waals surface area contributed by atoms with E-state index in [1.807, 2.05) is 0 Å². The van der Waals surface area contributed by atoms with Crippen LogP contribution in [0.3, 0.4) is 0 Å². The van der Waals surface area contributed by atoms with Crippen LogP contribution in [0.1, 0.15) is 58.8 Å². The molecule has 0 aliphatic heterocycles. The molecule has 0 aromatic rings. The summed E-state index contributed by atoms with van der Waals surface area (Å²) in [6, 6.07) is 0.174. The standard InChI is InChI=1S/C16H32N2O2/c1-12(2)13(9-10-17)7-8-16(20)18-15-6-4-3-5-14(15)11-19/h12-15,19H,3-11,17H2,1-2H3,(H,18,20). The first-order chi connectivity index (χ1) is 9.58. The molecule has 1 rings (SSSR count). The van der Waals surface area contributed by atoms with E-state index in [-0.39, 0.29) is 24.5 Å². The fourth-order valence-electron chi connectivity index (χ4n) is 3.24. The summed E-state index contributed by atoms with van der Waals surface area (Å²) in [5, 5.41) is 12.5. The van der Waals surface area contributed by atoms with Gasteiger partial charge in [0.05, 0.1) is 0 Å². The van der Waals surface area contributed by atoms with Gasteiger partial charge in [-0.25, -0.2) is 0 Å². The molecule has 0 aromatic carbocycles. The lowest BCUT2D eigenvalue weighted by molar-refractivity contribution is -0.122. The number of carbonyl (C=O) groups is 1. The molecule has 118 valence electrons. The zero-order valence-corrected chi connectivity index (χ0v) is 13.1. The van der Waals surface area contributed by atoms with Crippen LogP contribution in [-0.2, 0) is 4.79 Å². The lowest BCUT2D eigenvalue weighted by Gasteiger charge is -2.31. The van der Waals surface area contributed by atoms with Gasteiger partial charge in [0.2, 0.25) is 5.91 Å². The summed E-state index contributed by atoms with van der Waals surface area (Å²) in [4.78, 5) is 12.1. The number of nitrogens with one attached hydrogen (secondary N) is 1. The van der Waals surface area contributed by atoms with Crippen LogP contribution < -0.4 is 11.1 Å². The van der Waals surface area contributed by atoms with Gasteiger partial charge in [-0.1, -0.05) is 26.7 Å². The Labute approximate surface area is 123 Å². The summed E-state index contributed by atoms with van der Waals surface area (Å²) in [5.74, 6) is 1.49. The van der Waals surface area contributed by atoms with Crippen molar-refractivity contribution in [1.29, 1.82) is 0 Å². The van der Waals surface area contributed by atoms with Gasteiger partial charge in [-0.3, -0.25) is 4.79 Å². The van der Waals surface area contributed by atoms with Crippen LogP contribution in [0.25, 0.3) is 0 Å². The van der Waals surface area contributed by atoms with E-state index in [2.05, 4.69) is 19.2 Å². The third kappa shape index (κ3) is 5.80. The largest absolute Gasteiger partial charge is 0.396 e. The molecule has 1 saturated carbocycles. The van der Waals surface area contributed by atoms with Crippen molar-refractivity contribution in [3.8, 4) is 0 Å². The van der Waals surface area contributed by atoms with Crippen LogP contribution >= 0.6 is 0 Å². The second-order valence-electron chi connectivity index (χ2n) is 6.52. The van der Waals surface area contributed by atoms with E-state index >= 15 is 0 Å². The first kappa shape index (κ1) is 17.4. The second-order valence-corrected chi connectivity index (χ2v) is 6.52. The number of aliphatic hydroxyl groups is 1. The van der Waals surface area contributed by atoms with Gasteiger partial charge in [0.1, 0.15) is 0 Å². The Balaban J connectivity index is 2.34. The van der Waals surface area contributed by atoms with Crippen LogP contribution in [0.5, 0.6) is 0 Å². The molecule has 1 fully saturated rings. The molecule has 4 heteroatoms. The lowest BCUT2D eigenvalue weighted by Crippen LogP contribution is -2.43. The maximum absolute atomic E-state index is 12.1. The third-order valence-electron chi connectivity index (χ3n) is 4.71. The normalized spacial score (nSPS) is 24.6. The molecular weight excluding hydrogens is 252 g/mol. The van der Waals surface area contributed by atoms with Crippen LogP contribution in [0.4, 0.5) is 0 Å². The first-order valence-electron chi connectivity index (χ1n) is 8.18. The van der Waals surface area contributed by atoms with Gasteiger partial charge >= 0.3 is 0 Å². The highest BCUT2D eigenvalue weighted by Gasteiger charge is 2.26. The molecule has 20 heavy (non-hydrogen) atoms. The zero-order chi connectivity index (χ0) is 15.0. The Morgan fingerprint density at radius 3 is 2.60 bits per heavy atom. The average molecular weight is 284 g/mol. The van der Waals surface area contributed by atoms with E-state index in [1.165, 1.54) is 6.42 Å². The minimum absolute atomic E-state index is 0.137. The highest BCUT2D eigenvalue weighted by Crippen LogP contribution is 2.25. The van der Waals surface area contributed by atoms with Gasteiger partial charge in [0.15, 0.2) is 0 Å². The van der Waals surface area contributed by atoms with E-state index in [1.54, 1.807) is 0 Å². The maximum Gasteiger partial charge on any atom is 0.220 e. The molecule has 0 aromatic heterocycles. The van der Waals surface area contributed by atoms with Crippen LogP contribution in [0.15, 0.2) is 0 Å². The lowest BCUT2D eigenvalue weighted by atomic mass is 9.84. The smallest absolute Gasteiger partial charge is 0.220 e. The predicted octanol–water partition coefficient (Wildman–Crippen LogP) is 2.05. The molecule has 4 N–H and O–H groups in total. The van der Waals surface area contributed by atoms with E-state index in [9.17, 15) is 9.90 Å². The number of carbonyl (C=O) groups excluding carboxylic acids is 1. The predicted molar refractivity (Wildman–Crippen MR) is 82.2 cm³/mol. The Morgan fingerprint density at radius 2 is 2.00 bits per heavy atom. The number of aliphatic hydroxyl groups excluding tert-OH is 1. The molecule has 0 spiro atoms. The topological polar surface area (TPSA) is 75.4 Å². The first-order valence-corrected chi connectivity index (χ1v) is 8.18. The van der Waals surface area contributed by atoms with Crippen molar-refractivity contribution >= 4 is 5.91 Å². The molecular formula is C16H32N2O2. The summed E-state index contributed by atoms with van der Waals surface area (Å²) in [5.41, 5.74) is 5.63. The van der Waals surface area contributed by atoms with Gasteiger partial charge in [-0.05, 0) is 44.1 Å². The molecule has 3 unspecified atom stereocenters. The van der Waals surface area contributed by atoms with Crippen molar-refractivity contribution in [2.45, 2.75) is 64.8 Å². The van der Waals surface area contributed by atoms with Crippen LogP contribution in [0, 0.1) is 17.8 Å². The number of amides is 1. The summed E-state index contributed by atoms with van der Waals surface area (Å²) in [7, 11) is 0. The number of hydrogen-bond acceptors (Lipinski definition) is 3. The molecule has 4 nitrogen and oxygen atoms in total. The molecule has 1 aliphatic rings. The Bertz CT molecular complexity index is 282. The van der Waals surface area contributed by atoms with Gasteiger partial charge in [-0.2, -0.15) is 0 Å². The minimum Gasteiger partial charge on any atom is -0.396 e. The van der Waals surface area contributed by atoms with Crippen molar-refractivity contribution in [2.75, 3.05) is 13.2 Å². The van der Waals surface area contributed by atoms with Crippen molar-refractivity contribution in [1.82, 2.24) is 5.32 Å². The van der Waals surface area contributed by atoms with Gasteiger partial charge < -0.3 is 16.2 Å². The zero-order valence-electron chi connectivity index (χ0n) is 13.1. The summed E-state index contributed by atoms with van der Waals surface area (Å²) in [6.07, 6.45) is 6.85. The molecule has 1 aliphatic carbocycles. The molecule has 1 amide bonds. The highest BCUT2D eigenvalue weighted by atomic mass is 16.3. The number of rotatable bonds is 8. The van der Waals surface area contributed by atoms with Crippen LogP contribution in [0.2, 0.25) is 0 Å². The van der Waals surface area contributed by atoms with Crippen molar-refractivity contribution < 1.29 is 9.90 Å². The molecule has 0 saturated heterocycles. The van der Waals surface area contributed by atoms with Crippen molar-refractivity contribution in [3.63, 3.8) is 0 Å². The quantitative estimate of drug-likeness (QED) is 0.638. The van der Waals surface area contributed by atoms with Crippen molar-refractivity contribution in [3.05, 3.63) is 0 Å². The minimum atomic E-state index is 0.137. The SMILES string of the molecule is CC(C)C(CCN)CCC(=O)NC1CCCCC1CO. The molecule has 0 radical (unpaired) electrons. The highest BCUT2D eigenvalue weighted by molar-refractivity contribution is 5.76. The molecule has 0 heterocycles. The third-order valence-corrected chi connectivity index (χ3v) is 4.71. The number of nitrogens with two attached hydrogens (primary N) is 1. The molecule has 3 atom stereocenters. The number of hydrogen-bond donors (Lipinski definition) is 3. The second kappa shape index (κ2) is 9.35. The average Bonchev–Trinajstić information content (AvgIpc) is 2.43. The Morgan fingerprint density at radius 1 is 1.30 bits per heavy atom. The van der Waals surface area contributed by atoms with E-state index < -0.39 is 0 Å². The van der Waals surface area contributed by atoms with Crippen molar-refractivity contribution in [2.24, 2.45) is 23.5 Å². The fourth-order valence-corrected chi connectivity index (χ4v) is 3.24. The monoisotopic (exact) mass is 284 g/mol. The Hall–Kier alpha value is -0.610. The van der Waals surface area contributed by atoms with Crippen LogP contribution in [-0.4, -0.2) is 30.2 Å². The van der Waals surface area contributed by atoms with Gasteiger partial charge in [0.25, 0.3) is 0 Å². The molecule has 0 bridgehead atoms. The van der Waals surface area contributed by atoms with E-state index in [0.29, 0.717) is 24.8 Å². The maximum atomic E-state index is 12.1.